The van der Waals surface area contributed by atoms with Gasteiger partial charge < -0.3 is 9.47 Å². The smallest absolute Gasteiger partial charge is 0.457 e. The fourth-order valence-corrected chi connectivity index (χ4v) is 8.24. The fraction of sp³-hybridized carbons (Fsp3) is 0.806. The lowest BCUT2D eigenvalue weighted by molar-refractivity contribution is -0.450. The second-order valence-corrected chi connectivity index (χ2v) is 14.8. The van der Waals surface area contributed by atoms with Gasteiger partial charge in [0.1, 0.15) is 11.9 Å². The third-order valence-electron chi connectivity index (χ3n) is 11.7. The molecule has 2 unspecified atom stereocenters. The van der Waals surface area contributed by atoms with Crippen LogP contribution in [-0.4, -0.2) is 77.8 Å². The molecule has 0 amide bonds. The maximum absolute atomic E-state index is 14.7. The van der Waals surface area contributed by atoms with Crippen molar-refractivity contribution < 1.29 is 116 Å². The number of hydrogen-bond acceptors (Lipinski definition) is 4. The van der Waals surface area contributed by atoms with E-state index in [1.165, 1.54) is 19.1 Å². The molecule has 0 aromatic rings. The molecule has 0 heterocycles. The van der Waals surface area contributed by atoms with E-state index in [-0.39, 0.29) is 25.7 Å². The Labute approximate surface area is 304 Å². The van der Waals surface area contributed by atoms with Crippen LogP contribution in [0.1, 0.15) is 52.4 Å². The van der Waals surface area contributed by atoms with E-state index in [1.54, 1.807) is 6.92 Å². The van der Waals surface area contributed by atoms with Gasteiger partial charge in [-0.2, -0.15) is 96.6 Å². The quantitative estimate of drug-likeness (QED) is 0.125. The molecule has 0 aliphatic heterocycles. The van der Waals surface area contributed by atoms with Crippen LogP contribution in [0.25, 0.3) is 0 Å². The van der Waals surface area contributed by atoms with Gasteiger partial charge in [-0.05, 0) is 61.3 Å². The number of rotatable bonds is 10. The zero-order valence-corrected chi connectivity index (χ0v) is 28.3. The van der Waals surface area contributed by atoms with Crippen LogP contribution >= 0.6 is 0 Å². The Morgan fingerprint density at radius 2 is 1.00 bits per heavy atom. The molecule has 26 heteroatoms. The minimum atomic E-state index is -8.60. The van der Waals surface area contributed by atoms with Crippen LogP contribution in [0.2, 0.25) is 0 Å². The first-order valence-corrected chi connectivity index (χ1v) is 16.1. The third kappa shape index (κ3) is 6.35. The van der Waals surface area contributed by atoms with Gasteiger partial charge in [0.2, 0.25) is 0 Å². The van der Waals surface area contributed by atoms with E-state index in [9.17, 15) is 106 Å². The van der Waals surface area contributed by atoms with Crippen molar-refractivity contribution in [3.63, 3.8) is 0 Å². The highest BCUT2D eigenvalue weighted by Gasteiger charge is 2.94. The Hall–Kier alpha value is -3.12. The molecule has 0 aromatic heterocycles. The second kappa shape index (κ2) is 13.2. The molecule has 57 heavy (non-hydrogen) atoms. The van der Waals surface area contributed by atoms with Crippen LogP contribution in [0.3, 0.4) is 0 Å². The number of fused-ring (bicyclic) bond motifs is 5. The molecule has 2 fully saturated rings. The van der Waals surface area contributed by atoms with E-state index >= 15 is 0 Å². The molecule has 4 aliphatic carbocycles. The fourth-order valence-electron chi connectivity index (χ4n) is 8.24. The first-order chi connectivity index (χ1) is 25.2. The van der Waals surface area contributed by atoms with Crippen LogP contribution in [0.15, 0.2) is 24.0 Å². The summed E-state index contributed by atoms with van der Waals surface area (Å²) < 4.78 is 305. The molecular formula is C31H26F22O4. The zero-order valence-electron chi connectivity index (χ0n) is 28.3. The first kappa shape index (κ1) is 46.6. The molecule has 4 rings (SSSR count). The molecule has 0 bridgehead atoms. The lowest BCUT2D eigenvalue weighted by atomic mass is 9.48. The summed E-state index contributed by atoms with van der Waals surface area (Å²) in [7, 11) is 0. The molecule has 7 atom stereocenters. The van der Waals surface area contributed by atoms with Crippen molar-refractivity contribution in [2.75, 3.05) is 0 Å². The predicted octanol–water partition coefficient (Wildman–Crippen LogP) is 11.0. The molecule has 0 spiro atoms. The maximum Gasteiger partial charge on any atom is 0.460 e. The molecule has 0 N–H and O–H groups in total. The highest BCUT2D eigenvalue weighted by atomic mass is 19.4. The topological polar surface area (TPSA) is 52.6 Å². The highest BCUT2D eigenvalue weighted by Crippen LogP contribution is 2.66. The molecule has 0 saturated heterocycles. The van der Waals surface area contributed by atoms with E-state index in [4.69, 9.17) is 0 Å². The number of carbonyl (C=O) groups excluding carboxylic acids is 2. The maximum atomic E-state index is 14.7. The van der Waals surface area contributed by atoms with Crippen molar-refractivity contribution in [2.24, 2.45) is 34.5 Å². The lowest BCUT2D eigenvalue weighted by Crippen LogP contribution is -2.73. The monoisotopic (exact) mass is 880 g/mol. The van der Waals surface area contributed by atoms with Gasteiger partial charge in [-0.3, -0.25) is 0 Å². The van der Waals surface area contributed by atoms with Crippen LogP contribution in [-0.2, 0) is 19.1 Å². The van der Waals surface area contributed by atoms with Crippen LogP contribution in [0.4, 0.5) is 96.6 Å². The SMILES string of the molecule is C[C@]12CCC(OC(=O)C(F)(F)C(F)(F)C(F)(F)F)=CC1C=C[C@@H]1[C@@H]2CC[C@]2(C)C(OC(=O)C(F)(F)C(F)(F)C(F)(F)C(F)(F)C(F)(F)C(F)(F)C(F)(F)F)CC[C@@H]12. The van der Waals surface area contributed by atoms with Crippen molar-refractivity contribution in [3.8, 4) is 0 Å². The Bertz CT molecular complexity index is 1660. The van der Waals surface area contributed by atoms with Crippen molar-refractivity contribution in [2.45, 2.75) is 118 Å². The van der Waals surface area contributed by atoms with Crippen LogP contribution in [0.5, 0.6) is 0 Å². The summed E-state index contributed by atoms with van der Waals surface area (Å²) in [5.41, 5.74) is -2.51. The van der Waals surface area contributed by atoms with Crippen molar-refractivity contribution in [1.29, 1.82) is 0 Å². The summed E-state index contributed by atoms with van der Waals surface area (Å²) in [6.07, 6.45) is -14.3. The van der Waals surface area contributed by atoms with E-state index in [0.29, 0.717) is 0 Å². The number of carbonyl (C=O) groups is 2. The van der Waals surface area contributed by atoms with Crippen molar-refractivity contribution in [3.05, 3.63) is 24.0 Å². The van der Waals surface area contributed by atoms with E-state index < -0.39 is 131 Å². The summed E-state index contributed by atoms with van der Waals surface area (Å²) in [6.45, 7) is 2.83. The molecule has 0 aromatic carbocycles. The molecule has 328 valence electrons. The number of ether oxygens (including phenoxy) is 2. The van der Waals surface area contributed by atoms with Gasteiger partial charge in [-0.1, -0.05) is 26.0 Å². The molecule has 2 saturated carbocycles. The molecule has 4 nitrogen and oxygen atoms in total. The van der Waals surface area contributed by atoms with Crippen molar-refractivity contribution >= 4 is 11.9 Å². The minimum Gasteiger partial charge on any atom is -0.457 e. The van der Waals surface area contributed by atoms with Gasteiger partial charge >= 0.3 is 71.7 Å². The zero-order chi connectivity index (χ0) is 44.4. The van der Waals surface area contributed by atoms with Crippen molar-refractivity contribution in [1.82, 2.24) is 0 Å². The minimum absolute atomic E-state index is 0.0127. The van der Waals surface area contributed by atoms with Gasteiger partial charge in [0, 0.05) is 17.8 Å². The largest absolute Gasteiger partial charge is 0.460 e. The normalized spacial score (nSPS) is 30.9. The number of halogens is 22. The van der Waals surface area contributed by atoms with Gasteiger partial charge in [0.15, 0.2) is 0 Å². The Morgan fingerprint density at radius 3 is 1.51 bits per heavy atom. The second-order valence-electron chi connectivity index (χ2n) is 14.8. The summed E-state index contributed by atoms with van der Waals surface area (Å²) in [4.78, 5) is 24.1. The number of esters is 2. The average Bonchev–Trinajstić information content (AvgIpc) is 3.38. The van der Waals surface area contributed by atoms with Gasteiger partial charge in [-0.15, -0.1) is 0 Å². The van der Waals surface area contributed by atoms with Crippen LogP contribution in [0, 0.1) is 34.5 Å². The highest BCUT2D eigenvalue weighted by molar-refractivity contribution is 5.80. The van der Waals surface area contributed by atoms with Gasteiger partial charge in [0.25, 0.3) is 0 Å². The predicted molar refractivity (Wildman–Crippen MR) is 143 cm³/mol. The first-order valence-electron chi connectivity index (χ1n) is 16.1. The van der Waals surface area contributed by atoms with E-state index in [2.05, 4.69) is 9.47 Å². The Kier molecular flexibility index (Phi) is 10.8. The summed E-state index contributed by atoms with van der Waals surface area (Å²) >= 11 is 0. The van der Waals surface area contributed by atoms with E-state index in [0.717, 1.165) is 6.08 Å². The summed E-state index contributed by atoms with van der Waals surface area (Å²) in [5, 5.41) is 0. The molecule has 0 radical (unpaired) electrons. The average molecular weight is 881 g/mol. The number of alkyl halides is 22. The lowest BCUT2D eigenvalue weighted by Gasteiger charge is -2.57. The number of allylic oxidation sites excluding steroid dienone is 4. The summed E-state index contributed by atoms with van der Waals surface area (Å²) in [5.74, 6) is -72.8. The Balaban J connectivity index is 1.54. The number of hydrogen-bond donors (Lipinski definition) is 0. The van der Waals surface area contributed by atoms with E-state index in [1.807, 2.05) is 0 Å². The molecule has 4 aliphatic rings. The third-order valence-corrected chi connectivity index (χ3v) is 11.7. The van der Waals surface area contributed by atoms with Gasteiger partial charge in [0.05, 0.1) is 0 Å². The molecular weight excluding hydrogens is 854 g/mol. The standard InChI is InChI=1S/C31H26F22O4/c1-20-9-7-13(56-18(54)23(34,35)25(38,39)30(48,49)50)11-12(20)3-4-14-15-5-6-17(21(15,2)10-8-16(14)20)57-19(55)22(32,33)24(36,37)26(40,41)27(42,43)28(44,45)29(46,47)31(51,52)53/h3-4,11-12,14-17H,5-10H2,1-2H3/t12?,14-,15-,16-,17?,20-,21-/m0/s1. The van der Waals surface area contributed by atoms with Crippen LogP contribution < -0.4 is 0 Å². The Morgan fingerprint density at radius 1 is 0.544 bits per heavy atom. The summed E-state index contributed by atoms with van der Waals surface area (Å²) in [6, 6.07) is 0. The van der Waals surface area contributed by atoms with Gasteiger partial charge in [-0.25, -0.2) is 9.59 Å².